The van der Waals surface area contributed by atoms with Crippen LogP contribution < -0.4 is 5.43 Å². The van der Waals surface area contributed by atoms with Gasteiger partial charge in [0, 0.05) is 25.5 Å². The molecule has 2 N–H and O–H groups in total. The van der Waals surface area contributed by atoms with E-state index in [1.807, 2.05) is 6.92 Å². The Balaban J connectivity index is 1.71. The molecule has 0 radical (unpaired) electrons. The number of carbonyl (C=O) groups excluding carboxylic acids is 1. The Morgan fingerprint density at radius 2 is 2.10 bits per heavy atom. The minimum absolute atomic E-state index is 0.0483. The van der Waals surface area contributed by atoms with Gasteiger partial charge in [0.25, 0.3) is 5.91 Å². The Bertz CT molecular complexity index is 1080. The van der Waals surface area contributed by atoms with E-state index in [0.29, 0.717) is 31.0 Å². The molecular formula is C21H21F2N7O. The first kappa shape index (κ1) is 21.8. The van der Waals surface area contributed by atoms with Crippen molar-refractivity contribution in [2.45, 2.75) is 13.5 Å². The second-order valence-corrected chi connectivity index (χ2v) is 6.43. The van der Waals surface area contributed by atoms with Crippen molar-refractivity contribution >= 4 is 24.0 Å². The zero-order chi connectivity index (χ0) is 22.2. The van der Waals surface area contributed by atoms with Crippen molar-refractivity contribution in [3.05, 3.63) is 66.0 Å². The Hall–Kier alpha value is -3.95. The maximum absolute atomic E-state index is 14.2. The minimum Gasteiger partial charge on any atom is -0.337 e. The van der Waals surface area contributed by atoms with E-state index < -0.39 is 11.6 Å². The van der Waals surface area contributed by atoms with Crippen molar-refractivity contribution in [1.82, 2.24) is 19.7 Å². The molecule has 0 aliphatic carbocycles. The number of benzene rings is 1. The number of halogens is 2. The molecule has 2 aromatic heterocycles. The van der Waals surface area contributed by atoms with Crippen LogP contribution in [0.3, 0.4) is 0 Å². The summed E-state index contributed by atoms with van der Waals surface area (Å²) in [5.74, 6) is -1.40. The number of carbonyl (C=O) groups is 1. The quantitative estimate of drug-likeness (QED) is 0.405. The predicted octanol–water partition coefficient (Wildman–Crippen LogP) is 3.43. The van der Waals surface area contributed by atoms with Crippen LogP contribution in [-0.4, -0.2) is 51.1 Å². The second kappa shape index (κ2) is 10.2. The Morgan fingerprint density at radius 3 is 2.81 bits per heavy atom. The van der Waals surface area contributed by atoms with Crippen LogP contribution in [0.25, 0.3) is 11.4 Å². The average Bonchev–Trinajstić information content (AvgIpc) is 3.24. The van der Waals surface area contributed by atoms with Crippen LogP contribution in [-0.2, 0) is 6.54 Å². The predicted molar refractivity (Wildman–Crippen MR) is 114 cm³/mol. The van der Waals surface area contributed by atoms with Gasteiger partial charge in [0.2, 0.25) is 0 Å². The smallest absolute Gasteiger partial charge is 0.256 e. The molecule has 0 aliphatic heterocycles. The molecule has 8 nitrogen and oxygen atoms in total. The third kappa shape index (κ3) is 5.35. The number of pyridine rings is 1. The van der Waals surface area contributed by atoms with Gasteiger partial charge in [-0.3, -0.25) is 19.9 Å². The number of nitrogens with zero attached hydrogens (tertiary/aromatic N) is 5. The highest BCUT2D eigenvalue weighted by atomic mass is 19.1. The summed E-state index contributed by atoms with van der Waals surface area (Å²) in [5.41, 5.74) is 3.72. The van der Waals surface area contributed by atoms with Gasteiger partial charge in [0.05, 0.1) is 30.2 Å². The number of rotatable bonds is 9. The van der Waals surface area contributed by atoms with Gasteiger partial charge in [-0.15, -0.1) is 0 Å². The van der Waals surface area contributed by atoms with E-state index in [1.54, 1.807) is 27.9 Å². The molecule has 0 saturated heterocycles. The van der Waals surface area contributed by atoms with Gasteiger partial charge >= 0.3 is 0 Å². The van der Waals surface area contributed by atoms with Crippen LogP contribution in [0.2, 0.25) is 0 Å². The lowest BCUT2D eigenvalue weighted by Crippen LogP contribution is -2.34. The molecule has 3 rings (SSSR count). The zero-order valence-electron chi connectivity index (χ0n) is 16.8. The topological polar surface area (TPSA) is 99.3 Å². The molecule has 0 fully saturated rings. The van der Waals surface area contributed by atoms with Gasteiger partial charge in [-0.25, -0.2) is 8.78 Å². The maximum Gasteiger partial charge on any atom is 0.256 e. The number of likely N-dealkylation sites (N-methyl/N-ethyl adjacent to an activating group) is 1. The number of hydrogen-bond acceptors (Lipinski definition) is 6. The molecule has 2 heterocycles. The van der Waals surface area contributed by atoms with Crippen LogP contribution in [0.4, 0.5) is 14.5 Å². The summed E-state index contributed by atoms with van der Waals surface area (Å²) in [6, 6.07) is 8.82. The zero-order valence-corrected chi connectivity index (χ0v) is 16.8. The summed E-state index contributed by atoms with van der Waals surface area (Å²) in [6.45, 7) is 2.98. The first-order valence-corrected chi connectivity index (χ1v) is 9.54. The van der Waals surface area contributed by atoms with Crippen LogP contribution in [0.1, 0.15) is 17.3 Å². The fourth-order valence-electron chi connectivity index (χ4n) is 2.90. The Morgan fingerprint density at radius 1 is 1.26 bits per heavy atom. The van der Waals surface area contributed by atoms with Gasteiger partial charge in [-0.1, -0.05) is 6.07 Å². The molecule has 1 aromatic carbocycles. The molecule has 160 valence electrons. The lowest BCUT2D eigenvalue weighted by Gasteiger charge is -2.22. The number of hydrogen-bond donors (Lipinski definition) is 2. The van der Waals surface area contributed by atoms with Crippen LogP contribution in [0.5, 0.6) is 0 Å². The number of amides is 1. The molecule has 0 aliphatic rings. The highest BCUT2D eigenvalue weighted by Crippen LogP contribution is 2.22. The molecule has 0 bridgehead atoms. The fraction of sp³-hybridized carbons (Fsp3) is 0.190. The highest BCUT2D eigenvalue weighted by Gasteiger charge is 2.20. The SMILES string of the molecule is CCN(CCn1ccc(-c2ccc(F)cn2)n1)C(=O)c1cccc(F)c1N/N=C\C=N. The van der Waals surface area contributed by atoms with E-state index in [-0.39, 0.29) is 17.2 Å². The lowest BCUT2D eigenvalue weighted by molar-refractivity contribution is 0.0758. The molecule has 0 spiro atoms. The van der Waals surface area contributed by atoms with Gasteiger partial charge < -0.3 is 10.3 Å². The van der Waals surface area contributed by atoms with Crippen LogP contribution in [0, 0.1) is 17.0 Å². The van der Waals surface area contributed by atoms with Gasteiger partial charge in [-0.05, 0) is 37.3 Å². The van der Waals surface area contributed by atoms with Crippen molar-refractivity contribution in [1.29, 1.82) is 5.41 Å². The molecule has 10 heteroatoms. The van der Waals surface area contributed by atoms with Crippen LogP contribution in [0.15, 0.2) is 53.9 Å². The largest absolute Gasteiger partial charge is 0.337 e. The Kier molecular flexibility index (Phi) is 7.15. The third-order valence-electron chi connectivity index (χ3n) is 4.47. The van der Waals surface area contributed by atoms with E-state index in [9.17, 15) is 13.6 Å². The van der Waals surface area contributed by atoms with E-state index >= 15 is 0 Å². The fourth-order valence-corrected chi connectivity index (χ4v) is 2.90. The van der Waals surface area contributed by atoms with E-state index in [1.165, 1.54) is 24.3 Å². The summed E-state index contributed by atoms with van der Waals surface area (Å²) in [5, 5.41) is 15.1. The van der Waals surface area contributed by atoms with Crippen molar-refractivity contribution < 1.29 is 13.6 Å². The van der Waals surface area contributed by atoms with Crippen molar-refractivity contribution in [3.8, 4) is 11.4 Å². The summed E-state index contributed by atoms with van der Waals surface area (Å²) < 4.78 is 28.9. The normalized spacial score (nSPS) is 10.9. The van der Waals surface area contributed by atoms with Gasteiger partial charge in [-0.2, -0.15) is 10.2 Å². The van der Waals surface area contributed by atoms with Crippen molar-refractivity contribution in [3.63, 3.8) is 0 Å². The van der Waals surface area contributed by atoms with E-state index in [2.05, 4.69) is 20.6 Å². The monoisotopic (exact) mass is 425 g/mol. The van der Waals surface area contributed by atoms with E-state index in [0.717, 1.165) is 18.6 Å². The van der Waals surface area contributed by atoms with E-state index in [4.69, 9.17) is 5.41 Å². The molecule has 0 unspecified atom stereocenters. The molecule has 31 heavy (non-hydrogen) atoms. The standard InChI is InChI=1S/C21H21F2N7O/c1-2-29(21(31)16-4-3-5-17(23)20(16)27-26-10-9-24)12-13-30-11-8-19(28-30)18-7-6-15(22)14-25-18/h3-11,14,24,27H,2,12-13H2,1H3/b24-9?,26-10-. The van der Waals surface area contributed by atoms with Crippen molar-refractivity contribution in [2.75, 3.05) is 18.5 Å². The number of hydrazone groups is 1. The highest BCUT2D eigenvalue weighted by molar-refractivity contribution is 6.14. The summed E-state index contributed by atoms with van der Waals surface area (Å²) in [6.07, 6.45) is 4.96. The molecule has 1 amide bonds. The van der Waals surface area contributed by atoms with Crippen molar-refractivity contribution in [2.24, 2.45) is 5.10 Å². The first-order chi connectivity index (χ1) is 15.0. The van der Waals surface area contributed by atoms with Gasteiger partial charge in [0.15, 0.2) is 0 Å². The number of anilines is 1. The molecule has 3 aromatic rings. The minimum atomic E-state index is -0.618. The summed E-state index contributed by atoms with van der Waals surface area (Å²) >= 11 is 0. The van der Waals surface area contributed by atoms with Crippen LogP contribution >= 0.6 is 0 Å². The maximum atomic E-state index is 14.2. The first-order valence-electron chi connectivity index (χ1n) is 9.54. The third-order valence-corrected chi connectivity index (χ3v) is 4.47. The molecule has 0 saturated carbocycles. The number of para-hydroxylation sites is 1. The number of aromatic nitrogens is 3. The lowest BCUT2D eigenvalue weighted by atomic mass is 10.1. The van der Waals surface area contributed by atoms with Gasteiger partial charge in [0.1, 0.15) is 23.0 Å². The molecule has 0 atom stereocenters. The molecular weight excluding hydrogens is 404 g/mol. The summed E-state index contributed by atoms with van der Waals surface area (Å²) in [4.78, 5) is 18.6. The summed E-state index contributed by atoms with van der Waals surface area (Å²) in [7, 11) is 0. The second-order valence-electron chi connectivity index (χ2n) is 6.43. The number of nitrogens with one attached hydrogen (secondary N) is 2. The average molecular weight is 425 g/mol. The Labute approximate surface area is 177 Å².